The average molecular weight is 226 g/mol. The van der Waals surface area contributed by atoms with E-state index in [1.807, 2.05) is 20.8 Å². The summed E-state index contributed by atoms with van der Waals surface area (Å²) in [5.74, 6) is 1.94. The quantitative estimate of drug-likeness (QED) is 0.734. The number of ketones is 1. The van der Waals surface area contributed by atoms with Crippen LogP contribution in [-0.2, 0) is 9.53 Å². The predicted molar refractivity (Wildman–Crippen MR) is 66.4 cm³/mol. The molecule has 16 heavy (non-hydrogen) atoms. The van der Waals surface area contributed by atoms with Crippen LogP contribution in [-0.4, -0.2) is 18.0 Å². The second-order valence-corrected chi connectivity index (χ2v) is 5.77. The van der Waals surface area contributed by atoms with E-state index in [0.717, 1.165) is 18.8 Å². The van der Waals surface area contributed by atoms with Gasteiger partial charge in [-0.2, -0.15) is 0 Å². The summed E-state index contributed by atoms with van der Waals surface area (Å²) in [5, 5.41) is 0. The third kappa shape index (κ3) is 3.07. The molecule has 2 heteroatoms. The molecule has 0 N–H and O–H groups in total. The minimum atomic E-state index is -0.598. The molecule has 2 nitrogen and oxygen atoms in total. The van der Waals surface area contributed by atoms with Crippen LogP contribution < -0.4 is 0 Å². The first-order valence-electron chi connectivity index (χ1n) is 6.56. The minimum absolute atomic E-state index is 0.216. The summed E-state index contributed by atoms with van der Waals surface area (Å²) in [4.78, 5) is 12.3. The molecule has 1 aliphatic rings. The van der Waals surface area contributed by atoms with Crippen LogP contribution in [0.15, 0.2) is 0 Å². The molecule has 3 unspecified atom stereocenters. The number of hydrogen-bond donors (Lipinski definition) is 0. The molecule has 1 rings (SSSR count). The van der Waals surface area contributed by atoms with Crippen LogP contribution in [0.1, 0.15) is 53.9 Å². The molecule has 0 spiro atoms. The van der Waals surface area contributed by atoms with E-state index in [-0.39, 0.29) is 5.92 Å². The fourth-order valence-electron chi connectivity index (χ4n) is 2.71. The molecule has 0 saturated heterocycles. The molecule has 94 valence electrons. The van der Waals surface area contributed by atoms with Crippen LogP contribution in [0.2, 0.25) is 0 Å². The zero-order chi connectivity index (χ0) is 12.3. The van der Waals surface area contributed by atoms with Gasteiger partial charge in [0.25, 0.3) is 0 Å². The van der Waals surface area contributed by atoms with E-state index in [1.54, 1.807) is 0 Å². The van der Waals surface area contributed by atoms with Gasteiger partial charge in [0.15, 0.2) is 5.78 Å². The highest BCUT2D eigenvalue weighted by Gasteiger charge is 2.37. The number of carbonyl (C=O) groups is 1. The molecule has 0 amide bonds. The van der Waals surface area contributed by atoms with Crippen LogP contribution in [0.4, 0.5) is 0 Å². The van der Waals surface area contributed by atoms with Crippen molar-refractivity contribution in [3.8, 4) is 0 Å². The van der Waals surface area contributed by atoms with Crippen molar-refractivity contribution in [1.29, 1.82) is 0 Å². The maximum absolute atomic E-state index is 12.3. The number of rotatable bonds is 4. The Morgan fingerprint density at radius 3 is 2.38 bits per heavy atom. The van der Waals surface area contributed by atoms with Gasteiger partial charge >= 0.3 is 0 Å². The van der Waals surface area contributed by atoms with Gasteiger partial charge in [0, 0.05) is 12.5 Å². The summed E-state index contributed by atoms with van der Waals surface area (Å²) in [6, 6.07) is 0. The molecule has 1 fully saturated rings. The first kappa shape index (κ1) is 13.7. The molecular formula is C14H26O2. The Bertz CT molecular complexity index is 245. The van der Waals surface area contributed by atoms with Crippen molar-refractivity contribution in [3.63, 3.8) is 0 Å². The van der Waals surface area contributed by atoms with Gasteiger partial charge in [0.05, 0.1) is 0 Å². The Morgan fingerprint density at radius 2 is 1.88 bits per heavy atom. The molecule has 0 heterocycles. The SMILES string of the molecule is CCOC(C)(C)C(=O)C1CCC(C)C(C)C1. The lowest BCUT2D eigenvalue weighted by atomic mass is 9.72. The lowest BCUT2D eigenvalue weighted by Crippen LogP contribution is -2.42. The molecule has 0 aromatic rings. The van der Waals surface area contributed by atoms with Crippen LogP contribution in [0.25, 0.3) is 0 Å². The third-order valence-electron chi connectivity index (χ3n) is 4.07. The van der Waals surface area contributed by atoms with Gasteiger partial charge in [-0.05, 0) is 51.9 Å². The summed E-state index contributed by atoms with van der Waals surface area (Å²) in [6.45, 7) is 10.9. The molecule has 0 bridgehead atoms. The van der Waals surface area contributed by atoms with Crippen molar-refractivity contribution < 1.29 is 9.53 Å². The zero-order valence-electron chi connectivity index (χ0n) is 11.4. The van der Waals surface area contributed by atoms with Gasteiger partial charge in [0.1, 0.15) is 5.60 Å². The lowest BCUT2D eigenvalue weighted by Gasteiger charge is -2.35. The van der Waals surface area contributed by atoms with Crippen LogP contribution in [0, 0.1) is 17.8 Å². The first-order valence-corrected chi connectivity index (χ1v) is 6.56. The summed E-state index contributed by atoms with van der Waals surface area (Å²) in [6.07, 6.45) is 3.26. The monoisotopic (exact) mass is 226 g/mol. The molecule has 1 saturated carbocycles. The van der Waals surface area contributed by atoms with E-state index in [2.05, 4.69) is 13.8 Å². The number of hydrogen-bond acceptors (Lipinski definition) is 2. The summed E-state index contributed by atoms with van der Waals surface area (Å²) < 4.78 is 5.56. The van der Waals surface area contributed by atoms with E-state index in [1.165, 1.54) is 6.42 Å². The number of carbonyl (C=O) groups excluding carboxylic acids is 1. The van der Waals surface area contributed by atoms with E-state index in [9.17, 15) is 4.79 Å². The van der Waals surface area contributed by atoms with Gasteiger partial charge in [0.2, 0.25) is 0 Å². The fourth-order valence-corrected chi connectivity index (χ4v) is 2.71. The normalized spacial score (nSPS) is 31.4. The molecule has 0 radical (unpaired) electrons. The topological polar surface area (TPSA) is 26.3 Å². The average Bonchev–Trinajstić information content (AvgIpc) is 2.21. The van der Waals surface area contributed by atoms with Gasteiger partial charge in [-0.25, -0.2) is 0 Å². The largest absolute Gasteiger partial charge is 0.368 e. The molecule has 1 aliphatic carbocycles. The minimum Gasteiger partial charge on any atom is -0.368 e. The number of Topliss-reactive ketones (excluding diaryl/α,β-unsaturated/α-hetero) is 1. The predicted octanol–water partition coefficient (Wildman–Crippen LogP) is 3.44. The lowest BCUT2D eigenvalue weighted by molar-refractivity contribution is -0.146. The van der Waals surface area contributed by atoms with Crippen LogP contribution in [0.3, 0.4) is 0 Å². The fraction of sp³-hybridized carbons (Fsp3) is 0.929. The second-order valence-electron chi connectivity index (χ2n) is 5.77. The highest BCUT2D eigenvalue weighted by atomic mass is 16.5. The zero-order valence-corrected chi connectivity index (χ0v) is 11.4. The third-order valence-corrected chi connectivity index (χ3v) is 4.07. The van der Waals surface area contributed by atoms with Crippen LogP contribution in [0.5, 0.6) is 0 Å². The van der Waals surface area contributed by atoms with E-state index < -0.39 is 5.60 Å². The molecular weight excluding hydrogens is 200 g/mol. The Hall–Kier alpha value is -0.370. The van der Waals surface area contributed by atoms with Crippen molar-refractivity contribution >= 4 is 5.78 Å². The first-order chi connectivity index (χ1) is 7.38. The maximum Gasteiger partial charge on any atom is 0.167 e. The Labute approximate surface area is 99.8 Å². The Balaban J connectivity index is 2.61. The summed E-state index contributed by atoms with van der Waals surface area (Å²) in [5.41, 5.74) is -0.598. The molecule has 0 aromatic carbocycles. The van der Waals surface area contributed by atoms with Crippen LogP contribution >= 0.6 is 0 Å². The van der Waals surface area contributed by atoms with Gasteiger partial charge < -0.3 is 4.74 Å². The van der Waals surface area contributed by atoms with Crippen molar-refractivity contribution in [3.05, 3.63) is 0 Å². The molecule has 3 atom stereocenters. The standard InChI is InChI=1S/C14H26O2/c1-6-16-14(4,5)13(15)12-8-7-10(2)11(3)9-12/h10-12H,6-9H2,1-5H3. The second kappa shape index (κ2) is 5.31. The Morgan fingerprint density at radius 1 is 1.25 bits per heavy atom. The molecule has 0 aliphatic heterocycles. The van der Waals surface area contributed by atoms with Crippen molar-refractivity contribution in [1.82, 2.24) is 0 Å². The highest BCUT2D eigenvalue weighted by Crippen LogP contribution is 2.36. The Kier molecular flexibility index (Phi) is 4.54. The smallest absolute Gasteiger partial charge is 0.167 e. The van der Waals surface area contributed by atoms with E-state index in [4.69, 9.17) is 4.74 Å². The van der Waals surface area contributed by atoms with Crippen molar-refractivity contribution in [2.45, 2.75) is 59.5 Å². The number of ether oxygens (including phenoxy) is 1. The van der Waals surface area contributed by atoms with Crippen molar-refractivity contribution in [2.24, 2.45) is 17.8 Å². The maximum atomic E-state index is 12.3. The van der Waals surface area contributed by atoms with E-state index >= 15 is 0 Å². The van der Waals surface area contributed by atoms with Gasteiger partial charge in [-0.3, -0.25) is 4.79 Å². The summed E-state index contributed by atoms with van der Waals surface area (Å²) in [7, 11) is 0. The summed E-state index contributed by atoms with van der Waals surface area (Å²) >= 11 is 0. The highest BCUT2D eigenvalue weighted by molar-refractivity contribution is 5.88. The van der Waals surface area contributed by atoms with Gasteiger partial charge in [-0.1, -0.05) is 13.8 Å². The van der Waals surface area contributed by atoms with E-state index in [0.29, 0.717) is 18.3 Å². The van der Waals surface area contributed by atoms with Crippen molar-refractivity contribution in [2.75, 3.05) is 6.61 Å². The molecule has 0 aromatic heterocycles. The van der Waals surface area contributed by atoms with Gasteiger partial charge in [-0.15, -0.1) is 0 Å².